The van der Waals surface area contributed by atoms with Gasteiger partial charge in [-0.15, -0.1) is 11.3 Å². The van der Waals surface area contributed by atoms with Crippen LogP contribution in [0.5, 0.6) is 0 Å². The van der Waals surface area contributed by atoms with Gasteiger partial charge in [0.25, 0.3) is 0 Å². The zero-order chi connectivity index (χ0) is 16.4. The SMILES string of the molecule is CC(C)COC(=O)CSc1ncnc2sc3c(c12)CC[C@@H](C)C3. The number of thioether (sulfide) groups is 1. The molecule has 2 aromatic rings. The van der Waals surface area contributed by atoms with E-state index in [-0.39, 0.29) is 5.97 Å². The van der Waals surface area contributed by atoms with Gasteiger partial charge in [0.15, 0.2) is 0 Å². The molecular weight excluding hydrogens is 328 g/mol. The third-order valence-electron chi connectivity index (χ3n) is 3.96. The standard InChI is InChI=1S/C17H22N2O2S2/c1-10(2)7-21-14(20)8-22-16-15-12-5-4-11(3)6-13(12)23-17(15)19-9-18-16/h9-11H,4-8H2,1-3H3/t11-/m1/s1. The van der Waals surface area contributed by atoms with Gasteiger partial charge in [-0.05, 0) is 36.7 Å². The molecule has 23 heavy (non-hydrogen) atoms. The lowest BCUT2D eigenvalue weighted by Gasteiger charge is -2.18. The summed E-state index contributed by atoms with van der Waals surface area (Å²) in [4.78, 5) is 23.2. The Balaban J connectivity index is 1.77. The number of hydrogen-bond acceptors (Lipinski definition) is 6. The highest BCUT2D eigenvalue weighted by atomic mass is 32.2. The van der Waals surface area contributed by atoms with Gasteiger partial charge >= 0.3 is 5.97 Å². The van der Waals surface area contributed by atoms with Gasteiger partial charge in [-0.25, -0.2) is 9.97 Å². The summed E-state index contributed by atoms with van der Waals surface area (Å²) in [5, 5.41) is 2.09. The largest absolute Gasteiger partial charge is 0.465 e. The molecule has 0 aliphatic heterocycles. The van der Waals surface area contributed by atoms with E-state index >= 15 is 0 Å². The number of hydrogen-bond donors (Lipinski definition) is 0. The highest BCUT2D eigenvalue weighted by Crippen LogP contribution is 2.40. The summed E-state index contributed by atoms with van der Waals surface area (Å²) in [6, 6.07) is 0. The summed E-state index contributed by atoms with van der Waals surface area (Å²) >= 11 is 3.25. The fraction of sp³-hybridized carbons (Fsp3) is 0.588. The van der Waals surface area contributed by atoms with Gasteiger partial charge in [0, 0.05) is 10.3 Å². The highest BCUT2D eigenvalue weighted by molar-refractivity contribution is 8.00. The molecule has 1 aliphatic rings. The average Bonchev–Trinajstić information content (AvgIpc) is 2.88. The Kier molecular flexibility index (Phi) is 5.21. The molecule has 0 radical (unpaired) electrons. The number of esters is 1. The van der Waals surface area contributed by atoms with Crippen LogP contribution < -0.4 is 0 Å². The van der Waals surface area contributed by atoms with Gasteiger partial charge in [0.1, 0.15) is 16.2 Å². The van der Waals surface area contributed by atoms with Crippen LogP contribution in [0.2, 0.25) is 0 Å². The second kappa shape index (κ2) is 7.18. The number of aryl methyl sites for hydroxylation is 1. The van der Waals surface area contributed by atoms with Crippen LogP contribution in [0.4, 0.5) is 0 Å². The first-order valence-corrected chi connectivity index (χ1v) is 9.88. The van der Waals surface area contributed by atoms with Crippen LogP contribution in [0.25, 0.3) is 10.2 Å². The molecule has 1 atom stereocenters. The minimum absolute atomic E-state index is 0.173. The van der Waals surface area contributed by atoms with E-state index in [2.05, 4.69) is 16.9 Å². The lowest BCUT2D eigenvalue weighted by atomic mass is 9.89. The third-order valence-corrected chi connectivity index (χ3v) is 6.09. The van der Waals surface area contributed by atoms with E-state index in [0.717, 1.165) is 28.6 Å². The first kappa shape index (κ1) is 16.7. The molecule has 0 bridgehead atoms. The van der Waals surface area contributed by atoms with Crippen LogP contribution in [0.3, 0.4) is 0 Å². The van der Waals surface area contributed by atoms with Crippen molar-refractivity contribution >= 4 is 39.3 Å². The van der Waals surface area contributed by atoms with Gasteiger partial charge in [0.05, 0.1) is 12.4 Å². The van der Waals surface area contributed by atoms with Gasteiger partial charge in [-0.2, -0.15) is 0 Å². The van der Waals surface area contributed by atoms with Crippen molar-refractivity contribution in [2.75, 3.05) is 12.4 Å². The maximum Gasteiger partial charge on any atom is 0.316 e. The Hall–Kier alpha value is -1.14. The van der Waals surface area contributed by atoms with Crippen molar-refractivity contribution < 1.29 is 9.53 Å². The zero-order valence-corrected chi connectivity index (χ0v) is 15.4. The topological polar surface area (TPSA) is 52.1 Å². The van der Waals surface area contributed by atoms with Crippen molar-refractivity contribution in [3.63, 3.8) is 0 Å². The maximum absolute atomic E-state index is 11.8. The number of ether oxygens (including phenoxy) is 1. The van der Waals surface area contributed by atoms with Crippen LogP contribution in [0.15, 0.2) is 11.4 Å². The second-order valence-corrected chi connectivity index (χ2v) is 8.62. The van der Waals surface area contributed by atoms with Crippen molar-refractivity contribution in [3.05, 3.63) is 16.8 Å². The quantitative estimate of drug-likeness (QED) is 0.461. The fourth-order valence-corrected chi connectivity index (χ4v) is 5.02. The van der Waals surface area contributed by atoms with Crippen LogP contribution >= 0.6 is 23.1 Å². The van der Waals surface area contributed by atoms with E-state index in [1.165, 1.54) is 34.0 Å². The lowest BCUT2D eigenvalue weighted by Crippen LogP contribution is -2.12. The Bertz CT molecular complexity index is 712. The summed E-state index contributed by atoms with van der Waals surface area (Å²) < 4.78 is 5.24. The Morgan fingerprint density at radius 2 is 2.30 bits per heavy atom. The van der Waals surface area contributed by atoms with Gasteiger partial charge in [-0.3, -0.25) is 4.79 Å². The number of fused-ring (bicyclic) bond motifs is 3. The Morgan fingerprint density at radius 1 is 1.48 bits per heavy atom. The summed E-state index contributed by atoms with van der Waals surface area (Å²) in [6.07, 6.45) is 5.05. The molecule has 3 rings (SSSR count). The number of thiophene rings is 1. The van der Waals surface area contributed by atoms with Crippen LogP contribution in [-0.4, -0.2) is 28.3 Å². The lowest BCUT2D eigenvalue weighted by molar-refractivity contribution is -0.141. The van der Waals surface area contributed by atoms with E-state index in [1.54, 1.807) is 17.7 Å². The minimum atomic E-state index is -0.173. The van der Waals surface area contributed by atoms with Crippen LogP contribution in [0.1, 0.15) is 37.6 Å². The van der Waals surface area contributed by atoms with E-state index in [1.807, 2.05) is 13.8 Å². The molecule has 0 fully saturated rings. The predicted octanol–water partition coefficient (Wildman–Crippen LogP) is 4.11. The van der Waals surface area contributed by atoms with Gasteiger partial charge in [-0.1, -0.05) is 32.5 Å². The molecule has 1 aliphatic carbocycles. The molecule has 124 valence electrons. The predicted molar refractivity (Wildman–Crippen MR) is 95.1 cm³/mol. The molecule has 0 saturated heterocycles. The van der Waals surface area contributed by atoms with E-state index in [9.17, 15) is 4.79 Å². The van der Waals surface area contributed by atoms with E-state index in [4.69, 9.17) is 4.74 Å². The molecule has 0 N–H and O–H groups in total. The van der Waals surface area contributed by atoms with Crippen molar-refractivity contribution in [2.45, 2.75) is 45.1 Å². The van der Waals surface area contributed by atoms with E-state index < -0.39 is 0 Å². The fourth-order valence-electron chi connectivity index (χ4n) is 2.78. The first-order valence-electron chi connectivity index (χ1n) is 8.08. The van der Waals surface area contributed by atoms with Gasteiger partial charge < -0.3 is 4.74 Å². The van der Waals surface area contributed by atoms with Gasteiger partial charge in [0.2, 0.25) is 0 Å². The molecule has 0 spiro atoms. The summed E-state index contributed by atoms with van der Waals surface area (Å²) in [6.45, 7) is 6.85. The molecule has 4 nitrogen and oxygen atoms in total. The normalized spacial score (nSPS) is 17.5. The van der Waals surface area contributed by atoms with E-state index in [0.29, 0.717) is 18.3 Å². The van der Waals surface area contributed by atoms with Crippen LogP contribution in [-0.2, 0) is 22.4 Å². The van der Waals surface area contributed by atoms with Crippen molar-refractivity contribution in [1.82, 2.24) is 9.97 Å². The van der Waals surface area contributed by atoms with Crippen LogP contribution in [0, 0.1) is 11.8 Å². The summed E-state index contributed by atoms with van der Waals surface area (Å²) in [5.41, 5.74) is 1.40. The molecule has 0 saturated carbocycles. The summed E-state index contributed by atoms with van der Waals surface area (Å²) in [7, 11) is 0. The molecular formula is C17H22N2O2S2. The molecule has 6 heteroatoms. The second-order valence-electron chi connectivity index (χ2n) is 6.58. The third kappa shape index (κ3) is 3.86. The first-order chi connectivity index (χ1) is 11.0. The molecule has 0 amide bonds. The van der Waals surface area contributed by atoms with Crippen molar-refractivity contribution in [3.8, 4) is 0 Å². The number of carbonyl (C=O) groups excluding carboxylic acids is 1. The Morgan fingerprint density at radius 3 is 3.09 bits per heavy atom. The van der Waals surface area contributed by atoms with Crippen molar-refractivity contribution in [2.24, 2.45) is 11.8 Å². The molecule has 2 heterocycles. The molecule has 2 aromatic heterocycles. The molecule has 0 unspecified atom stereocenters. The number of aromatic nitrogens is 2. The summed E-state index contributed by atoms with van der Waals surface area (Å²) in [5.74, 6) is 1.24. The Labute approximate surface area is 145 Å². The van der Waals surface area contributed by atoms with Crippen molar-refractivity contribution in [1.29, 1.82) is 0 Å². The monoisotopic (exact) mass is 350 g/mol. The molecule has 0 aromatic carbocycles. The minimum Gasteiger partial charge on any atom is -0.465 e. The zero-order valence-electron chi connectivity index (χ0n) is 13.8. The average molecular weight is 351 g/mol. The number of carbonyl (C=O) groups is 1. The number of rotatable bonds is 5. The highest BCUT2D eigenvalue weighted by Gasteiger charge is 2.23. The smallest absolute Gasteiger partial charge is 0.316 e. The number of nitrogens with zero attached hydrogens (tertiary/aromatic N) is 2. The maximum atomic E-state index is 11.8.